The third-order valence-corrected chi connectivity index (χ3v) is 4.14. The molecule has 2 aromatic rings. The maximum atomic E-state index is 12.5. The number of nitrogens with one attached hydrogen (secondary N) is 1. The van der Waals surface area contributed by atoms with Crippen LogP contribution in [0.2, 0.25) is 0 Å². The molecule has 0 aliphatic heterocycles. The van der Waals surface area contributed by atoms with E-state index in [2.05, 4.69) is 34.3 Å². The van der Waals surface area contributed by atoms with Crippen LogP contribution >= 0.6 is 0 Å². The third kappa shape index (κ3) is 4.57. The van der Waals surface area contributed by atoms with Gasteiger partial charge in [0.2, 0.25) is 0 Å². The van der Waals surface area contributed by atoms with E-state index in [-0.39, 0.29) is 12.5 Å². The fourth-order valence-corrected chi connectivity index (χ4v) is 2.85. The second kappa shape index (κ2) is 7.52. The first-order valence-corrected chi connectivity index (χ1v) is 8.27. The van der Waals surface area contributed by atoms with E-state index in [4.69, 9.17) is 5.73 Å². The lowest BCUT2D eigenvalue weighted by atomic mass is 10.1. The van der Waals surface area contributed by atoms with Gasteiger partial charge in [-0.15, -0.1) is 0 Å². The summed E-state index contributed by atoms with van der Waals surface area (Å²) in [7, 11) is 0. The van der Waals surface area contributed by atoms with Crippen LogP contribution in [0.5, 0.6) is 0 Å². The summed E-state index contributed by atoms with van der Waals surface area (Å²) < 4.78 is 37.5. The lowest BCUT2D eigenvalue weighted by Gasteiger charge is -2.07. The van der Waals surface area contributed by atoms with E-state index in [0.29, 0.717) is 5.56 Å². The molecule has 0 amide bonds. The fraction of sp³-hybridized carbons (Fsp3) is 0.250. The monoisotopic (exact) mass is 357 g/mol. The van der Waals surface area contributed by atoms with Gasteiger partial charge in [-0.3, -0.25) is 0 Å². The van der Waals surface area contributed by atoms with Gasteiger partial charge in [0, 0.05) is 11.3 Å². The van der Waals surface area contributed by atoms with Gasteiger partial charge in [0.25, 0.3) is 0 Å². The van der Waals surface area contributed by atoms with Crippen molar-refractivity contribution in [2.45, 2.75) is 25.4 Å². The van der Waals surface area contributed by atoms with Crippen molar-refractivity contribution in [3.8, 4) is 11.8 Å². The van der Waals surface area contributed by atoms with Crippen LogP contribution in [0.15, 0.2) is 47.5 Å². The number of hydrogen-bond acceptors (Lipinski definition) is 1. The molecule has 6 heteroatoms. The number of benzene rings is 2. The molecule has 1 aliphatic rings. The SMILES string of the molecule is NC(=NCC#Cc1ccc(C(F)(F)F)cc1)Nc1ccc2c(c1)CCC2. The number of guanidine groups is 1. The van der Waals surface area contributed by atoms with Crippen LogP contribution in [-0.2, 0) is 19.0 Å². The predicted octanol–water partition coefficient (Wildman–Crippen LogP) is 3.97. The van der Waals surface area contributed by atoms with Gasteiger partial charge in [-0.1, -0.05) is 17.9 Å². The summed E-state index contributed by atoms with van der Waals surface area (Å²) in [6, 6.07) is 10.9. The van der Waals surface area contributed by atoms with Crippen LogP contribution in [0.1, 0.15) is 28.7 Å². The minimum Gasteiger partial charge on any atom is -0.370 e. The molecule has 1 aliphatic carbocycles. The fourth-order valence-electron chi connectivity index (χ4n) is 2.85. The molecular formula is C20H18F3N3. The molecule has 134 valence electrons. The number of aryl methyl sites for hydroxylation is 2. The minimum atomic E-state index is -4.34. The summed E-state index contributed by atoms with van der Waals surface area (Å²) in [6.45, 7) is 0.158. The average Bonchev–Trinajstić information content (AvgIpc) is 3.06. The number of nitrogens with two attached hydrogens (primary N) is 1. The zero-order valence-corrected chi connectivity index (χ0v) is 14.0. The second-order valence-electron chi connectivity index (χ2n) is 6.04. The molecule has 0 bridgehead atoms. The van der Waals surface area contributed by atoms with E-state index in [1.54, 1.807) is 0 Å². The zero-order chi connectivity index (χ0) is 18.6. The number of hydrogen-bond donors (Lipinski definition) is 2. The second-order valence-corrected chi connectivity index (χ2v) is 6.04. The maximum absolute atomic E-state index is 12.5. The van der Waals surface area contributed by atoms with Crippen LogP contribution in [-0.4, -0.2) is 12.5 Å². The average molecular weight is 357 g/mol. The molecule has 0 spiro atoms. The normalized spacial score (nSPS) is 13.7. The highest BCUT2D eigenvalue weighted by atomic mass is 19.4. The van der Waals surface area contributed by atoms with Crippen LogP contribution < -0.4 is 11.1 Å². The minimum absolute atomic E-state index is 0.158. The summed E-state index contributed by atoms with van der Waals surface area (Å²) in [5, 5.41) is 3.03. The van der Waals surface area contributed by atoms with Crippen molar-refractivity contribution in [3.05, 3.63) is 64.7 Å². The van der Waals surface area contributed by atoms with Crippen molar-refractivity contribution in [2.75, 3.05) is 11.9 Å². The van der Waals surface area contributed by atoms with E-state index in [1.807, 2.05) is 6.07 Å². The summed E-state index contributed by atoms with van der Waals surface area (Å²) in [5.41, 5.74) is 9.26. The third-order valence-electron chi connectivity index (χ3n) is 4.14. The van der Waals surface area contributed by atoms with E-state index < -0.39 is 11.7 Å². The number of halogens is 3. The van der Waals surface area contributed by atoms with E-state index in [9.17, 15) is 13.2 Å². The molecule has 0 atom stereocenters. The van der Waals surface area contributed by atoms with Gasteiger partial charge < -0.3 is 11.1 Å². The van der Waals surface area contributed by atoms with Crippen LogP contribution in [0.4, 0.5) is 18.9 Å². The molecule has 3 N–H and O–H groups in total. The number of anilines is 1. The van der Waals surface area contributed by atoms with Crippen molar-refractivity contribution < 1.29 is 13.2 Å². The van der Waals surface area contributed by atoms with Gasteiger partial charge in [0.1, 0.15) is 6.54 Å². The molecule has 3 rings (SSSR count). The Hall–Kier alpha value is -2.94. The molecule has 3 nitrogen and oxygen atoms in total. The van der Waals surface area contributed by atoms with E-state index in [0.717, 1.165) is 30.7 Å². The lowest BCUT2D eigenvalue weighted by molar-refractivity contribution is -0.137. The molecule has 2 aromatic carbocycles. The first-order chi connectivity index (χ1) is 12.4. The topological polar surface area (TPSA) is 50.4 Å². The Labute approximate surface area is 150 Å². The Morgan fingerprint density at radius 3 is 2.54 bits per heavy atom. The van der Waals surface area contributed by atoms with Gasteiger partial charge >= 0.3 is 6.18 Å². The highest BCUT2D eigenvalue weighted by molar-refractivity contribution is 5.92. The number of nitrogens with zero attached hydrogens (tertiary/aromatic N) is 1. The molecule has 0 radical (unpaired) electrons. The molecule has 0 saturated heterocycles. The van der Waals surface area contributed by atoms with E-state index >= 15 is 0 Å². The van der Waals surface area contributed by atoms with Gasteiger partial charge in [0.05, 0.1) is 5.56 Å². The Morgan fingerprint density at radius 2 is 1.81 bits per heavy atom. The predicted molar refractivity (Wildman–Crippen MR) is 96.9 cm³/mol. The summed E-state index contributed by atoms with van der Waals surface area (Å²) in [6.07, 6.45) is -0.949. The smallest absolute Gasteiger partial charge is 0.370 e. The van der Waals surface area contributed by atoms with Crippen molar-refractivity contribution in [2.24, 2.45) is 10.7 Å². The zero-order valence-electron chi connectivity index (χ0n) is 14.0. The first kappa shape index (κ1) is 17.9. The number of alkyl halides is 3. The number of fused-ring (bicyclic) bond motifs is 1. The molecule has 0 unspecified atom stereocenters. The number of aliphatic imine (C=N–C) groups is 1. The Balaban J connectivity index is 1.56. The summed E-state index contributed by atoms with van der Waals surface area (Å²) >= 11 is 0. The van der Waals surface area contributed by atoms with Gasteiger partial charge in [0.15, 0.2) is 5.96 Å². The highest BCUT2D eigenvalue weighted by Gasteiger charge is 2.29. The highest BCUT2D eigenvalue weighted by Crippen LogP contribution is 2.29. The largest absolute Gasteiger partial charge is 0.416 e. The van der Waals surface area contributed by atoms with Gasteiger partial charge in [-0.2, -0.15) is 13.2 Å². The number of rotatable bonds is 2. The Kier molecular flexibility index (Phi) is 5.17. The first-order valence-electron chi connectivity index (χ1n) is 8.27. The summed E-state index contributed by atoms with van der Waals surface area (Å²) in [4.78, 5) is 4.11. The van der Waals surface area contributed by atoms with Crippen molar-refractivity contribution in [1.82, 2.24) is 0 Å². The van der Waals surface area contributed by atoms with Crippen LogP contribution in [0.25, 0.3) is 0 Å². The molecule has 0 saturated carbocycles. The summed E-state index contributed by atoms with van der Waals surface area (Å²) in [5.74, 6) is 5.80. The Bertz CT molecular complexity index is 872. The van der Waals surface area contributed by atoms with Crippen LogP contribution in [0.3, 0.4) is 0 Å². The van der Waals surface area contributed by atoms with Crippen molar-refractivity contribution in [3.63, 3.8) is 0 Å². The quantitative estimate of drug-likeness (QED) is 0.485. The molecule has 0 aromatic heterocycles. The Morgan fingerprint density at radius 1 is 1.08 bits per heavy atom. The van der Waals surface area contributed by atoms with E-state index in [1.165, 1.54) is 29.7 Å². The molecule has 0 fully saturated rings. The molecular weight excluding hydrogens is 339 g/mol. The van der Waals surface area contributed by atoms with Gasteiger partial charge in [-0.05, 0) is 66.8 Å². The molecule has 0 heterocycles. The molecule has 26 heavy (non-hydrogen) atoms. The maximum Gasteiger partial charge on any atom is 0.416 e. The lowest BCUT2D eigenvalue weighted by Crippen LogP contribution is -2.22. The van der Waals surface area contributed by atoms with Crippen molar-refractivity contribution >= 4 is 11.6 Å². The van der Waals surface area contributed by atoms with Gasteiger partial charge in [-0.25, -0.2) is 4.99 Å². The van der Waals surface area contributed by atoms with Crippen LogP contribution in [0, 0.1) is 11.8 Å². The standard InChI is InChI=1S/C20H18F3N3/c21-20(22,23)17-9-6-14(7-10-17)3-2-12-25-19(24)26-18-11-8-15-4-1-5-16(15)13-18/h6-11,13H,1,4-5,12H2,(H3,24,25,26). The van der Waals surface area contributed by atoms with Crippen molar-refractivity contribution in [1.29, 1.82) is 0 Å².